The second-order valence-electron chi connectivity index (χ2n) is 11.2. The lowest BCUT2D eigenvalue weighted by molar-refractivity contribution is -0.192. The molecule has 4 atom stereocenters. The van der Waals surface area contributed by atoms with Crippen molar-refractivity contribution in [3.8, 4) is 0 Å². The van der Waals surface area contributed by atoms with Crippen molar-refractivity contribution in [2.75, 3.05) is 0 Å². The molecule has 0 N–H and O–H groups in total. The molecule has 0 aliphatic heterocycles. The number of halogens is 4. The second-order valence-corrected chi connectivity index (χ2v) is 13.9. The molecule has 8 bridgehead atoms. The van der Waals surface area contributed by atoms with Crippen LogP contribution in [0.5, 0.6) is 0 Å². The monoisotopic (exact) mass is 478 g/mol. The summed E-state index contributed by atoms with van der Waals surface area (Å²) in [5, 5.41) is 0. The third kappa shape index (κ3) is 2.40. The van der Waals surface area contributed by atoms with Gasteiger partial charge in [0.05, 0.1) is 0 Å². The van der Waals surface area contributed by atoms with Gasteiger partial charge < -0.3 is 4.74 Å². The van der Waals surface area contributed by atoms with Crippen molar-refractivity contribution in [2.45, 2.75) is 72.9 Å². The molecule has 0 aromatic carbocycles. The first kappa shape index (κ1) is 19.9. The van der Waals surface area contributed by atoms with Gasteiger partial charge in [-0.05, 0) is 99.7 Å². The molecule has 0 amide bonds. The molecule has 0 radical (unpaired) electrons. The van der Waals surface area contributed by atoms with Crippen LogP contribution in [0.2, 0.25) is 0 Å². The van der Waals surface area contributed by atoms with Gasteiger partial charge in [0.15, 0.2) is 0 Å². The summed E-state index contributed by atoms with van der Waals surface area (Å²) in [6.45, 7) is 0. The molecule has 3 nitrogen and oxygen atoms in total. The SMILES string of the molecule is O=C(OC(=O)C12CC3CC(CC(C3)C1(Cl)Cl)C2)C12CC3CC(CC(C3)C1(Cl)Cl)C2. The Morgan fingerprint density at radius 3 is 1.21 bits per heavy atom. The highest BCUT2D eigenvalue weighted by atomic mass is 35.5. The summed E-state index contributed by atoms with van der Waals surface area (Å²) in [6.07, 6.45) is 8.60. The van der Waals surface area contributed by atoms with Crippen molar-refractivity contribution in [3.05, 3.63) is 0 Å². The number of carbonyl (C=O) groups excluding carboxylic acids is 2. The predicted octanol–water partition coefficient (Wildman–Crippen LogP) is 6.06. The zero-order valence-electron chi connectivity index (χ0n) is 16.3. The van der Waals surface area contributed by atoms with Crippen LogP contribution in [-0.2, 0) is 14.3 Å². The fourth-order valence-electron chi connectivity index (χ4n) is 8.74. The van der Waals surface area contributed by atoms with Gasteiger partial charge in [0.25, 0.3) is 0 Å². The molecular formula is C22H26Cl4O3. The number of hydrogen-bond donors (Lipinski definition) is 0. The Labute approximate surface area is 191 Å². The Morgan fingerprint density at radius 1 is 0.586 bits per heavy atom. The highest BCUT2D eigenvalue weighted by Gasteiger charge is 2.72. The van der Waals surface area contributed by atoms with Crippen molar-refractivity contribution in [3.63, 3.8) is 0 Å². The average Bonchev–Trinajstić information content (AvgIpc) is 2.63. The third-order valence-corrected chi connectivity index (χ3v) is 12.3. The van der Waals surface area contributed by atoms with E-state index in [0.29, 0.717) is 49.4 Å². The van der Waals surface area contributed by atoms with Crippen LogP contribution >= 0.6 is 46.4 Å². The van der Waals surface area contributed by atoms with E-state index in [1.807, 2.05) is 0 Å². The first-order valence-corrected chi connectivity index (χ1v) is 12.6. The minimum absolute atomic E-state index is 0.0967. The van der Waals surface area contributed by atoms with E-state index in [1.54, 1.807) is 0 Å². The maximum atomic E-state index is 13.5. The largest absolute Gasteiger partial charge is 0.392 e. The van der Waals surface area contributed by atoms with Gasteiger partial charge in [0.2, 0.25) is 0 Å². The van der Waals surface area contributed by atoms with Crippen molar-refractivity contribution >= 4 is 58.3 Å². The fraction of sp³-hybridized carbons (Fsp3) is 0.909. The standard InChI is InChI=1S/C22H26Cl4O3/c23-21(24)15-3-11-1-12(4-15)8-19(21,7-11)17(27)29-18(28)20-9-13-2-14(10-20)6-16(5-13)22(20,25)26/h11-16H,1-10H2. The number of carbonyl (C=O) groups is 2. The van der Waals surface area contributed by atoms with Crippen LogP contribution in [0.1, 0.15) is 64.2 Å². The summed E-state index contributed by atoms with van der Waals surface area (Å²) in [5.41, 5.74) is -1.96. The number of rotatable bonds is 2. The number of alkyl halides is 4. The van der Waals surface area contributed by atoms with E-state index in [4.69, 9.17) is 51.1 Å². The van der Waals surface area contributed by atoms with Gasteiger partial charge in [-0.1, -0.05) is 0 Å². The molecule has 29 heavy (non-hydrogen) atoms. The molecule has 8 fully saturated rings. The summed E-state index contributed by atoms with van der Waals surface area (Å²) in [7, 11) is 0. The summed E-state index contributed by atoms with van der Waals surface area (Å²) < 4.78 is 3.34. The zero-order valence-corrected chi connectivity index (χ0v) is 19.3. The normalized spacial score (nSPS) is 52.6. The molecule has 7 heteroatoms. The van der Waals surface area contributed by atoms with Gasteiger partial charge in [-0.15, -0.1) is 46.4 Å². The number of hydrogen-bond acceptors (Lipinski definition) is 3. The minimum Gasteiger partial charge on any atom is -0.392 e. The zero-order chi connectivity index (χ0) is 20.4. The van der Waals surface area contributed by atoms with Crippen LogP contribution in [-0.4, -0.2) is 20.6 Å². The van der Waals surface area contributed by atoms with Crippen molar-refractivity contribution in [1.82, 2.24) is 0 Å². The Kier molecular flexibility index (Phi) is 4.13. The van der Waals surface area contributed by atoms with Crippen LogP contribution in [0.15, 0.2) is 0 Å². The second kappa shape index (κ2) is 6.00. The molecule has 8 saturated carbocycles. The lowest BCUT2D eigenvalue weighted by Crippen LogP contribution is -2.65. The lowest BCUT2D eigenvalue weighted by Gasteiger charge is -2.62. The van der Waals surface area contributed by atoms with Gasteiger partial charge in [-0.3, -0.25) is 9.59 Å². The Morgan fingerprint density at radius 2 is 0.897 bits per heavy atom. The van der Waals surface area contributed by atoms with E-state index in [0.717, 1.165) is 38.5 Å². The van der Waals surface area contributed by atoms with Crippen LogP contribution in [0, 0.1) is 46.3 Å². The van der Waals surface area contributed by atoms with Crippen molar-refractivity contribution < 1.29 is 14.3 Å². The third-order valence-electron chi connectivity index (χ3n) is 9.62. The summed E-state index contributed by atoms with van der Waals surface area (Å²) >= 11 is 27.3. The van der Waals surface area contributed by atoms with Gasteiger partial charge in [-0.2, -0.15) is 0 Å². The molecule has 4 unspecified atom stereocenters. The van der Waals surface area contributed by atoms with E-state index in [-0.39, 0.29) is 11.8 Å². The molecule has 8 aliphatic rings. The molecule has 160 valence electrons. The van der Waals surface area contributed by atoms with Crippen LogP contribution in [0.4, 0.5) is 0 Å². The lowest BCUT2D eigenvalue weighted by atomic mass is 9.48. The maximum absolute atomic E-state index is 13.5. The Bertz CT molecular complexity index is 701. The molecule has 0 heterocycles. The first-order valence-electron chi connectivity index (χ1n) is 11.1. The number of esters is 2. The van der Waals surface area contributed by atoms with Gasteiger partial charge in [0, 0.05) is 0 Å². The highest BCUT2D eigenvalue weighted by Crippen LogP contribution is 2.71. The van der Waals surface area contributed by atoms with E-state index >= 15 is 0 Å². The maximum Gasteiger partial charge on any atom is 0.322 e. The fourth-order valence-corrected chi connectivity index (χ4v) is 10.4. The Balaban J connectivity index is 1.31. The van der Waals surface area contributed by atoms with Gasteiger partial charge >= 0.3 is 11.9 Å². The van der Waals surface area contributed by atoms with Crippen LogP contribution in [0.3, 0.4) is 0 Å². The molecule has 0 spiro atoms. The van der Waals surface area contributed by atoms with Gasteiger partial charge in [-0.25, -0.2) is 0 Å². The van der Waals surface area contributed by atoms with E-state index in [9.17, 15) is 9.59 Å². The van der Waals surface area contributed by atoms with Gasteiger partial charge in [0.1, 0.15) is 19.5 Å². The average molecular weight is 480 g/mol. The molecule has 0 aromatic heterocycles. The summed E-state index contributed by atoms with van der Waals surface area (Å²) in [5.74, 6) is 0.902. The first-order chi connectivity index (χ1) is 13.6. The molecule has 8 aliphatic carbocycles. The van der Waals surface area contributed by atoms with Crippen molar-refractivity contribution in [2.24, 2.45) is 46.3 Å². The van der Waals surface area contributed by atoms with E-state index < -0.39 is 31.4 Å². The summed E-state index contributed by atoms with van der Waals surface area (Å²) in [6, 6.07) is 0. The molecular weight excluding hydrogens is 454 g/mol. The predicted molar refractivity (Wildman–Crippen MR) is 112 cm³/mol. The molecule has 8 rings (SSSR count). The van der Waals surface area contributed by atoms with E-state index in [2.05, 4.69) is 0 Å². The molecule has 0 saturated heterocycles. The molecule has 0 aromatic rings. The summed E-state index contributed by atoms with van der Waals surface area (Å²) in [4.78, 5) is 27.1. The van der Waals surface area contributed by atoms with Crippen LogP contribution < -0.4 is 0 Å². The quantitative estimate of drug-likeness (QED) is 0.274. The highest BCUT2D eigenvalue weighted by molar-refractivity contribution is 6.51. The Hall–Kier alpha value is 0.300. The number of ether oxygens (including phenoxy) is 1. The smallest absolute Gasteiger partial charge is 0.322 e. The minimum atomic E-state index is -1.17. The van der Waals surface area contributed by atoms with E-state index in [1.165, 1.54) is 0 Å². The van der Waals surface area contributed by atoms with Crippen LogP contribution in [0.25, 0.3) is 0 Å². The van der Waals surface area contributed by atoms with Crippen molar-refractivity contribution in [1.29, 1.82) is 0 Å². The topological polar surface area (TPSA) is 43.4 Å².